The van der Waals surface area contributed by atoms with E-state index in [4.69, 9.17) is 14.2 Å². The van der Waals surface area contributed by atoms with Crippen molar-refractivity contribution in [2.24, 2.45) is 4.99 Å². The van der Waals surface area contributed by atoms with Gasteiger partial charge in [0.05, 0.1) is 26.4 Å². The number of benzene rings is 1. The van der Waals surface area contributed by atoms with Crippen LogP contribution in [0.5, 0.6) is 11.5 Å². The van der Waals surface area contributed by atoms with Crippen LogP contribution in [0.3, 0.4) is 0 Å². The van der Waals surface area contributed by atoms with Crippen LogP contribution in [0.2, 0.25) is 0 Å². The van der Waals surface area contributed by atoms with E-state index in [1.54, 1.807) is 38.4 Å². The molecule has 0 unspecified atom stereocenters. The van der Waals surface area contributed by atoms with Gasteiger partial charge in [0.15, 0.2) is 17.3 Å². The average Bonchev–Trinajstić information content (AvgIpc) is 3.33. The van der Waals surface area contributed by atoms with Gasteiger partial charge in [-0.05, 0) is 51.1 Å². The van der Waals surface area contributed by atoms with Gasteiger partial charge in [0.2, 0.25) is 21.9 Å². The highest BCUT2D eigenvalue weighted by molar-refractivity contribution is 7.93. The van der Waals surface area contributed by atoms with Crippen LogP contribution >= 0.6 is 0 Å². The second kappa shape index (κ2) is 11.7. The van der Waals surface area contributed by atoms with Crippen LogP contribution < -0.4 is 9.46 Å². The third-order valence-electron chi connectivity index (χ3n) is 5.74. The fourth-order valence-electron chi connectivity index (χ4n) is 3.77. The first-order valence-electron chi connectivity index (χ1n) is 12.2. The molecule has 14 heteroatoms. The van der Waals surface area contributed by atoms with E-state index in [-0.39, 0.29) is 52.5 Å². The summed E-state index contributed by atoms with van der Waals surface area (Å²) in [6.45, 7) is 6.88. The van der Waals surface area contributed by atoms with Crippen LogP contribution in [0.4, 0.5) is 5.95 Å². The number of phenolic OH excluding ortho intramolecular Hbond substituents is 1. The zero-order chi connectivity index (χ0) is 29.0. The zero-order valence-corrected chi connectivity index (χ0v) is 23.6. The third-order valence-corrected chi connectivity index (χ3v) is 7.43. The van der Waals surface area contributed by atoms with Crippen molar-refractivity contribution in [2.75, 3.05) is 18.9 Å². The van der Waals surface area contributed by atoms with E-state index in [9.17, 15) is 13.5 Å². The fraction of sp³-hybridized carbons (Fsp3) is 0.346. The number of anilines is 1. The molecule has 0 saturated carbocycles. The number of aromatic hydroxyl groups is 1. The minimum Gasteiger partial charge on any atom is -0.506 e. The number of sulfonamides is 1. The topological polar surface area (TPSA) is 163 Å². The van der Waals surface area contributed by atoms with Crippen LogP contribution in [0.15, 0.2) is 53.1 Å². The Morgan fingerprint density at radius 1 is 1.07 bits per heavy atom. The van der Waals surface area contributed by atoms with Crippen molar-refractivity contribution in [3.8, 4) is 17.2 Å². The first kappa shape index (κ1) is 28.5. The molecule has 0 amide bonds. The highest BCUT2D eigenvalue weighted by Crippen LogP contribution is 2.37. The molecular formula is C26H29N7O6S. The molecule has 1 aromatic carbocycles. The quantitative estimate of drug-likeness (QED) is 0.348. The van der Waals surface area contributed by atoms with Crippen LogP contribution in [0.1, 0.15) is 44.1 Å². The van der Waals surface area contributed by atoms with Crippen molar-refractivity contribution in [3.05, 3.63) is 65.3 Å². The van der Waals surface area contributed by atoms with Crippen LogP contribution in [0, 0.1) is 6.92 Å². The molecule has 0 bridgehead atoms. The lowest BCUT2D eigenvalue weighted by Crippen LogP contribution is -2.35. The number of aliphatic imine (C=N–C) groups is 1. The molecule has 13 nitrogen and oxygen atoms in total. The molecule has 2 N–H and O–H groups in total. The minimum absolute atomic E-state index is 0.0390. The molecule has 3 aromatic rings. The Balaban J connectivity index is 1.84. The largest absolute Gasteiger partial charge is 0.506 e. The van der Waals surface area contributed by atoms with E-state index in [1.807, 2.05) is 6.92 Å². The lowest BCUT2D eigenvalue weighted by Gasteiger charge is -2.25. The number of nitrogens with zero attached hydrogens (tertiary/aromatic N) is 6. The number of aromatic nitrogens is 5. The second-order valence-electron chi connectivity index (χ2n) is 9.00. The van der Waals surface area contributed by atoms with Gasteiger partial charge in [0.1, 0.15) is 28.5 Å². The fourth-order valence-corrected chi connectivity index (χ4v) is 4.85. The molecule has 0 spiro atoms. The maximum absolute atomic E-state index is 13.8. The molecule has 210 valence electrons. The van der Waals surface area contributed by atoms with Crippen LogP contribution in [-0.2, 0) is 19.5 Å². The number of methoxy groups -OCH3 is 2. The number of hydrogen-bond acceptors (Lipinski definition) is 11. The Bertz CT molecular complexity index is 1630. The van der Waals surface area contributed by atoms with Gasteiger partial charge in [-0.2, -0.15) is 0 Å². The summed E-state index contributed by atoms with van der Waals surface area (Å²) in [6.07, 6.45) is 3.33. The lowest BCUT2D eigenvalue weighted by atomic mass is 10.2. The summed E-state index contributed by atoms with van der Waals surface area (Å²) < 4.78 is 47.9. The van der Waals surface area contributed by atoms with Crippen LogP contribution in [0.25, 0.3) is 11.4 Å². The molecular weight excluding hydrogens is 538 g/mol. The molecule has 3 heterocycles. The van der Waals surface area contributed by atoms with Gasteiger partial charge < -0.3 is 19.3 Å². The van der Waals surface area contributed by atoms with E-state index in [0.717, 1.165) is 5.56 Å². The molecule has 0 aliphatic carbocycles. The normalized spacial score (nSPS) is 14.5. The molecule has 0 fully saturated rings. The molecule has 1 aliphatic heterocycles. The predicted molar refractivity (Wildman–Crippen MR) is 147 cm³/mol. The highest BCUT2D eigenvalue weighted by atomic mass is 32.2. The summed E-state index contributed by atoms with van der Waals surface area (Å²) in [5, 5.41) is 17.9. The summed E-state index contributed by atoms with van der Waals surface area (Å²) in [5.74, 6) is 0.220. The third kappa shape index (κ3) is 5.90. The molecule has 0 saturated heterocycles. The number of ether oxygens (including phenoxy) is 3. The van der Waals surface area contributed by atoms with Gasteiger partial charge in [-0.25, -0.2) is 23.4 Å². The van der Waals surface area contributed by atoms with E-state index >= 15 is 0 Å². The lowest BCUT2D eigenvalue weighted by molar-refractivity contribution is 0.00152. The van der Waals surface area contributed by atoms with E-state index < -0.39 is 21.4 Å². The van der Waals surface area contributed by atoms with Crippen LogP contribution in [-0.4, -0.2) is 69.7 Å². The Morgan fingerprint density at radius 3 is 2.45 bits per heavy atom. The number of rotatable bonds is 10. The summed E-state index contributed by atoms with van der Waals surface area (Å²) in [5.41, 5.74) is 6.61. The van der Waals surface area contributed by atoms with E-state index in [0.29, 0.717) is 0 Å². The van der Waals surface area contributed by atoms with Crippen molar-refractivity contribution in [1.29, 1.82) is 0 Å². The molecule has 4 rings (SSSR count). The standard InChI is InChI=1S/C26H29N7O6S/c1-15(2)39-23(24-27-13-16(3)14-28-24)17(4)40(35,36)32-26-31-30-25(18-9-7-12-21(29-18)38-6)33(26)22-19(34)10-8-11-20(22)37-5/h8,10-15,17,23,34H,1-6H3,(H,31,32)/t17-,23+/m1/s1. The minimum atomic E-state index is -4.22. The number of phenols is 1. The summed E-state index contributed by atoms with van der Waals surface area (Å²) in [6, 6.07) is 4.58. The summed E-state index contributed by atoms with van der Waals surface area (Å²) in [7, 11) is -1.38. The summed E-state index contributed by atoms with van der Waals surface area (Å²) in [4.78, 5) is 12.9. The Morgan fingerprint density at radius 2 is 1.80 bits per heavy atom. The predicted octanol–water partition coefficient (Wildman–Crippen LogP) is 3.09. The Labute approximate surface area is 231 Å². The second-order valence-corrected chi connectivity index (χ2v) is 11.0. The zero-order valence-electron chi connectivity index (χ0n) is 22.8. The van der Waals surface area contributed by atoms with Gasteiger partial charge in [0, 0.05) is 12.4 Å². The molecule has 1 aliphatic rings. The highest BCUT2D eigenvalue weighted by Gasteiger charge is 2.36. The molecule has 2 aromatic heterocycles. The first-order valence-corrected chi connectivity index (χ1v) is 13.7. The SMILES string of the molecule is COC1=NC(c2nnc(NS(=O)(=O)[C@H](C)[C@H](OC(C)C)c3ncc(C)cn3)n2-c2c(O)cccc2OC)=C=C=C1. The molecule has 0 radical (unpaired) electrons. The number of aryl methyl sites for hydroxylation is 1. The molecule has 2 atom stereocenters. The van der Waals surface area contributed by atoms with Crippen molar-refractivity contribution < 1.29 is 27.7 Å². The van der Waals surface area contributed by atoms with Crippen molar-refractivity contribution in [2.45, 2.75) is 45.2 Å². The smallest absolute Gasteiger partial charge is 0.243 e. The van der Waals surface area contributed by atoms with Gasteiger partial charge in [-0.3, -0.25) is 9.29 Å². The number of para-hydroxylation sites is 1. The first-order chi connectivity index (χ1) is 19.1. The Hall–Kier alpha value is -4.48. The van der Waals surface area contributed by atoms with E-state index in [2.05, 4.69) is 41.3 Å². The van der Waals surface area contributed by atoms with Gasteiger partial charge >= 0.3 is 0 Å². The van der Waals surface area contributed by atoms with Gasteiger partial charge in [-0.15, -0.1) is 10.2 Å². The molecule has 40 heavy (non-hydrogen) atoms. The van der Waals surface area contributed by atoms with Gasteiger partial charge in [0.25, 0.3) is 0 Å². The summed E-state index contributed by atoms with van der Waals surface area (Å²) >= 11 is 0. The monoisotopic (exact) mass is 567 g/mol. The number of nitrogens with one attached hydrogen (secondary N) is 1. The van der Waals surface area contributed by atoms with Crippen molar-refractivity contribution in [1.82, 2.24) is 24.7 Å². The van der Waals surface area contributed by atoms with Gasteiger partial charge in [-0.1, -0.05) is 11.8 Å². The van der Waals surface area contributed by atoms with Crippen molar-refractivity contribution in [3.63, 3.8) is 0 Å². The maximum Gasteiger partial charge on any atom is 0.243 e. The van der Waals surface area contributed by atoms with E-state index in [1.165, 1.54) is 37.9 Å². The van der Waals surface area contributed by atoms with Crippen molar-refractivity contribution >= 4 is 27.6 Å². The average molecular weight is 568 g/mol. The maximum atomic E-state index is 13.8. The Kier molecular flexibility index (Phi) is 8.36. The number of hydrogen-bond donors (Lipinski definition) is 2.